The van der Waals surface area contributed by atoms with Crippen LogP contribution in [0.1, 0.15) is 19.3 Å². The number of nitrogens with one attached hydrogen (secondary N) is 1. The molecule has 0 unspecified atom stereocenters. The van der Waals surface area contributed by atoms with Gasteiger partial charge in [0.25, 0.3) is 0 Å². The van der Waals surface area contributed by atoms with Crippen LogP contribution < -0.4 is 0 Å². The Hall–Kier alpha value is 0.150. The third-order valence-corrected chi connectivity index (χ3v) is 2.84. The summed E-state index contributed by atoms with van der Waals surface area (Å²) in [6.45, 7) is 0. The fourth-order valence-electron chi connectivity index (χ4n) is 0.831. The van der Waals surface area contributed by atoms with E-state index in [2.05, 4.69) is 0 Å². The fourth-order valence-corrected chi connectivity index (χ4v) is 2.14. The van der Waals surface area contributed by atoms with Gasteiger partial charge in [0.15, 0.2) is 0 Å². The van der Waals surface area contributed by atoms with E-state index < -0.39 is 0 Å². The van der Waals surface area contributed by atoms with Crippen molar-refractivity contribution in [2.24, 2.45) is 0 Å². The van der Waals surface area contributed by atoms with Gasteiger partial charge in [-0.15, -0.1) is 10.7 Å². The lowest BCUT2D eigenvalue weighted by molar-refractivity contribution is 0.758. The van der Waals surface area contributed by atoms with Gasteiger partial charge in [-0.1, -0.05) is 6.42 Å². The van der Waals surface area contributed by atoms with Crippen molar-refractivity contribution in [1.29, 1.82) is 4.78 Å². The van der Waals surface area contributed by atoms with E-state index in [9.17, 15) is 0 Å². The Kier molecular flexibility index (Phi) is 1.86. The molecule has 0 radical (unpaired) electrons. The molecular formula is C5H11NS. The zero-order chi connectivity index (χ0) is 5.11. The third kappa shape index (κ3) is 1.59. The molecule has 0 amide bonds. The van der Waals surface area contributed by atoms with Crippen LogP contribution in [0.4, 0.5) is 0 Å². The Balaban J connectivity index is 2.25. The maximum atomic E-state index is 7.30. The highest BCUT2D eigenvalue weighted by Crippen LogP contribution is 2.06. The summed E-state index contributed by atoms with van der Waals surface area (Å²) in [5, 5.41) is 0. The first-order valence-corrected chi connectivity index (χ1v) is 4.34. The summed E-state index contributed by atoms with van der Waals surface area (Å²) >= 11 is 0. The summed E-state index contributed by atoms with van der Waals surface area (Å²) in [5.74, 6) is 2.36. The number of rotatable bonds is 0. The molecule has 0 atom stereocenters. The normalized spacial score (nSPS) is 25.1. The van der Waals surface area contributed by atoms with E-state index >= 15 is 0 Å². The van der Waals surface area contributed by atoms with Crippen LogP contribution >= 0.6 is 0 Å². The van der Waals surface area contributed by atoms with Crippen LogP contribution in [-0.4, -0.2) is 11.5 Å². The molecular weight excluding hydrogens is 106 g/mol. The van der Waals surface area contributed by atoms with Gasteiger partial charge in [-0.2, -0.15) is 0 Å². The van der Waals surface area contributed by atoms with Gasteiger partial charge >= 0.3 is 0 Å². The van der Waals surface area contributed by atoms with E-state index in [0.717, 1.165) is 0 Å². The number of hydrogen-bond donors (Lipinski definition) is 1. The second-order valence-corrected chi connectivity index (χ2v) is 3.76. The fraction of sp³-hybridized carbons (Fsp3) is 1.00. The largest absolute Gasteiger partial charge is 0.280 e. The van der Waals surface area contributed by atoms with Crippen molar-refractivity contribution < 1.29 is 0 Å². The van der Waals surface area contributed by atoms with Crippen molar-refractivity contribution in [3.8, 4) is 0 Å². The van der Waals surface area contributed by atoms with Gasteiger partial charge in [0.1, 0.15) is 0 Å². The zero-order valence-electron chi connectivity index (χ0n) is 4.44. The van der Waals surface area contributed by atoms with Gasteiger partial charge in [0, 0.05) is 11.5 Å². The van der Waals surface area contributed by atoms with Crippen LogP contribution in [0, 0.1) is 4.78 Å². The predicted molar refractivity (Wildman–Crippen MR) is 33.7 cm³/mol. The Morgan fingerprint density at radius 1 is 1.00 bits per heavy atom. The van der Waals surface area contributed by atoms with Crippen molar-refractivity contribution in [2.45, 2.75) is 19.3 Å². The van der Waals surface area contributed by atoms with E-state index in [1.807, 2.05) is 0 Å². The van der Waals surface area contributed by atoms with Crippen molar-refractivity contribution in [1.82, 2.24) is 0 Å². The molecule has 0 aliphatic carbocycles. The maximum Gasteiger partial charge on any atom is 0.00385 e. The summed E-state index contributed by atoms with van der Waals surface area (Å²) in [6, 6.07) is 0. The molecule has 0 bridgehead atoms. The van der Waals surface area contributed by atoms with Gasteiger partial charge in [-0.05, 0) is 12.8 Å². The molecule has 1 saturated heterocycles. The maximum absolute atomic E-state index is 7.30. The van der Waals surface area contributed by atoms with Gasteiger partial charge in [-0.25, -0.2) is 0 Å². The van der Waals surface area contributed by atoms with Gasteiger partial charge in [0.2, 0.25) is 0 Å². The molecule has 2 heteroatoms. The summed E-state index contributed by atoms with van der Waals surface area (Å²) in [5.41, 5.74) is 0. The topological polar surface area (TPSA) is 23.9 Å². The first-order chi connectivity index (χ1) is 3.39. The second-order valence-electron chi connectivity index (χ2n) is 1.96. The average Bonchev–Trinajstić information content (AvgIpc) is 1.69. The molecule has 0 saturated carbocycles. The van der Waals surface area contributed by atoms with E-state index in [1.165, 1.54) is 30.8 Å². The molecule has 1 fully saturated rings. The molecule has 0 spiro atoms. The van der Waals surface area contributed by atoms with Gasteiger partial charge in [-0.3, -0.25) is 4.78 Å². The Morgan fingerprint density at radius 3 is 1.86 bits per heavy atom. The number of hydrogen-bond acceptors (Lipinski definition) is 1. The molecule has 42 valence electrons. The van der Waals surface area contributed by atoms with Crippen LogP contribution in [0.15, 0.2) is 0 Å². The summed E-state index contributed by atoms with van der Waals surface area (Å²) in [6.07, 6.45) is 4.00. The molecule has 1 aliphatic rings. The highest BCUT2D eigenvalue weighted by Gasteiger charge is 2.00. The van der Waals surface area contributed by atoms with Crippen molar-refractivity contribution >= 4 is 10.7 Å². The van der Waals surface area contributed by atoms with Crippen molar-refractivity contribution in [3.63, 3.8) is 0 Å². The molecule has 1 heterocycles. The minimum absolute atomic E-state index is 0.0598. The molecule has 0 aromatic rings. The van der Waals surface area contributed by atoms with Gasteiger partial charge in [0.05, 0.1) is 0 Å². The van der Waals surface area contributed by atoms with Crippen molar-refractivity contribution in [3.05, 3.63) is 0 Å². The molecule has 1 nitrogen and oxygen atoms in total. The minimum Gasteiger partial charge on any atom is -0.280 e. The Bertz CT molecular complexity index is 72.1. The standard InChI is InChI=1S/C5H11NS/c6-7-4-2-1-3-5-7/h6H,1-5H2. The second kappa shape index (κ2) is 2.46. The molecule has 7 heavy (non-hydrogen) atoms. The highest BCUT2D eigenvalue weighted by molar-refractivity contribution is 7.86. The van der Waals surface area contributed by atoms with E-state index in [1.54, 1.807) is 0 Å². The average molecular weight is 117 g/mol. The summed E-state index contributed by atoms with van der Waals surface area (Å²) < 4.78 is 7.30. The summed E-state index contributed by atoms with van der Waals surface area (Å²) in [7, 11) is 0.0598. The van der Waals surface area contributed by atoms with Crippen molar-refractivity contribution in [2.75, 3.05) is 11.5 Å². The molecule has 1 rings (SSSR count). The Morgan fingerprint density at radius 2 is 1.57 bits per heavy atom. The van der Waals surface area contributed by atoms with E-state index in [0.29, 0.717) is 0 Å². The lowest BCUT2D eigenvalue weighted by Crippen LogP contribution is -2.06. The molecule has 0 aromatic carbocycles. The van der Waals surface area contributed by atoms with Crippen LogP contribution in [0.3, 0.4) is 0 Å². The van der Waals surface area contributed by atoms with E-state index in [-0.39, 0.29) is 10.7 Å². The van der Waals surface area contributed by atoms with E-state index in [4.69, 9.17) is 4.78 Å². The zero-order valence-corrected chi connectivity index (χ0v) is 5.26. The predicted octanol–water partition coefficient (Wildman–Crippen LogP) is 1.55. The molecule has 0 aromatic heterocycles. The molecule has 1 N–H and O–H groups in total. The lowest BCUT2D eigenvalue weighted by atomic mass is 10.3. The molecule has 1 aliphatic heterocycles. The lowest BCUT2D eigenvalue weighted by Gasteiger charge is -2.09. The highest BCUT2D eigenvalue weighted by atomic mass is 32.2. The van der Waals surface area contributed by atoms with Crippen LogP contribution in [0.2, 0.25) is 0 Å². The third-order valence-electron chi connectivity index (χ3n) is 1.28. The first kappa shape index (κ1) is 5.29. The van der Waals surface area contributed by atoms with Crippen LogP contribution in [0.5, 0.6) is 0 Å². The Labute approximate surface area is 47.0 Å². The monoisotopic (exact) mass is 117 g/mol. The first-order valence-electron chi connectivity index (χ1n) is 2.78. The van der Waals surface area contributed by atoms with Crippen LogP contribution in [0.25, 0.3) is 0 Å². The smallest absolute Gasteiger partial charge is 0.00385 e. The quantitative estimate of drug-likeness (QED) is 0.498. The van der Waals surface area contributed by atoms with Crippen LogP contribution in [-0.2, 0) is 10.7 Å². The summed E-state index contributed by atoms with van der Waals surface area (Å²) in [4.78, 5) is 0. The SMILES string of the molecule is N=S1CCCCC1. The van der Waals surface area contributed by atoms with Gasteiger partial charge < -0.3 is 0 Å². The minimum atomic E-state index is 0.0598.